The molecule has 0 aliphatic carbocycles. The van der Waals surface area contributed by atoms with E-state index < -0.39 is 17.5 Å². The monoisotopic (exact) mass is 503 g/mol. The summed E-state index contributed by atoms with van der Waals surface area (Å²) in [4.78, 5) is 34.3. The third kappa shape index (κ3) is 6.00. The molecule has 3 aromatic heterocycles. The molecule has 0 saturated carbocycles. The van der Waals surface area contributed by atoms with E-state index in [2.05, 4.69) is 25.7 Å². The van der Waals surface area contributed by atoms with Crippen LogP contribution in [0.4, 0.5) is 5.69 Å². The fraction of sp³-hybridized carbons (Fsp3) is 0.308. The Labute approximate surface area is 214 Å². The highest BCUT2D eigenvalue weighted by atomic mass is 16.5. The topological polar surface area (TPSA) is 128 Å². The number of carbonyl (C=O) groups is 2. The minimum Gasteiger partial charge on any atom is -0.495 e. The van der Waals surface area contributed by atoms with Crippen molar-refractivity contribution in [3.05, 3.63) is 72.2 Å². The molecule has 37 heavy (non-hydrogen) atoms. The van der Waals surface area contributed by atoms with Gasteiger partial charge in [-0.05, 0) is 74.9 Å². The molecule has 4 aromatic rings. The number of benzene rings is 1. The molecule has 11 nitrogen and oxygen atoms in total. The Bertz CT molecular complexity index is 1370. The second-order valence-corrected chi connectivity index (χ2v) is 9.41. The molecule has 1 atom stereocenters. The number of methoxy groups -OCH3 is 1. The highest BCUT2D eigenvalue weighted by Gasteiger charge is 2.36. The maximum absolute atomic E-state index is 13.9. The first-order valence-corrected chi connectivity index (χ1v) is 11.7. The SMILES string of the molecule is COc1ccccc1N(C(=O)Cn1nnc(-c2ccc(C)o2)n1)[C@@H](C(=O)NC(C)(C)C)c1ccncc1. The molecule has 11 heteroatoms. The predicted octanol–water partition coefficient (Wildman–Crippen LogP) is 3.33. The Morgan fingerprint density at radius 2 is 1.84 bits per heavy atom. The summed E-state index contributed by atoms with van der Waals surface area (Å²) in [6.45, 7) is 7.16. The molecule has 0 saturated heterocycles. The van der Waals surface area contributed by atoms with Crippen LogP contribution in [0.5, 0.6) is 5.75 Å². The van der Waals surface area contributed by atoms with Crippen LogP contribution in [0.3, 0.4) is 0 Å². The standard InChI is InChI=1S/C26H29N7O4/c1-17-10-11-21(37-17)24-29-31-32(30-24)16-22(34)33(19-8-6-7-9-20(19)36-5)23(18-12-14-27-15-13-18)25(35)28-26(2,3)4/h6-15,23H,16H2,1-5H3,(H,28,35)/t23-/m1/s1. The van der Waals surface area contributed by atoms with Crippen molar-refractivity contribution < 1.29 is 18.7 Å². The van der Waals surface area contributed by atoms with E-state index in [9.17, 15) is 9.59 Å². The van der Waals surface area contributed by atoms with Gasteiger partial charge >= 0.3 is 0 Å². The van der Waals surface area contributed by atoms with E-state index in [-0.39, 0.29) is 18.3 Å². The number of carbonyl (C=O) groups excluding carboxylic acids is 2. The third-order valence-corrected chi connectivity index (χ3v) is 5.33. The van der Waals surface area contributed by atoms with E-state index in [4.69, 9.17) is 9.15 Å². The van der Waals surface area contributed by atoms with Crippen LogP contribution in [0.15, 0.2) is 65.3 Å². The average molecular weight is 504 g/mol. The molecule has 4 rings (SSSR count). The van der Waals surface area contributed by atoms with Gasteiger partial charge in [0.25, 0.3) is 5.91 Å². The fourth-order valence-corrected chi connectivity index (χ4v) is 3.81. The van der Waals surface area contributed by atoms with Gasteiger partial charge in [-0.2, -0.15) is 4.80 Å². The highest BCUT2D eigenvalue weighted by molar-refractivity contribution is 6.02. The summed E-state index contributed by atoms with van der Waals surface area (Å²) >= 11 is 0. The number of nitrogens with zero attached hydrogens (tertiary/aromatic N) is 6. The summed E-state index contributed by atoms with van der Waals surface area (Å²) in [6, 6.07) is 12.9. The van der Waals surface area contributed by atoms with Gasteiger partial charge in [0.05, 0.1) is 12.8 Å². The van der Waals surface area contributed by atoms with Crippen molar-refractivity contribution in [2.24, 2.45) is 0 Å². The number of para-hydroxylation sites is 2. The Hall–Kier alpha value is -4.54. The van der Waals surface area contributed by atoms with E-state index >= 15 is 0 Å². The number of nitrogens with one attached hydrogen (secondary N) is 1. The van der Waals surface area contributed by atoms with Crippen LogP contribution in [-0.2, 0) is 16.1 Å². The lowest BCUT2D eigenvalue weighted by Crippen LogP contribution is -2.50. The van der Waals surface area contributed by atoms with Gasteiger partial charge < -0.3 is 14.5 Å². The largest absolute Gasteiger partial charge is 0.495 e. The molecule has 0 bridgehead atoms. The molecule has 1 N–H and O–H groups in total. The summed E-state index contributed by atoms with van der Waals surface area (Å²) in [5.41, 5.74) is 0.457. The molecule has 0 spiro atoms. The first-order valence-electron chi connectivity index (χ1n) is 11.7. The zero-order chi connectivity index (χ0) is 26.6. The Balaban J connectivity index is 1.77. The molecule has 0 aliphatic rings. The lowest BCUT2D eigenvalue weighted by atomic mass is 10.0. The van der Waals surface area contributed by atoms with Crippen molar-refractivity contribution in [2.75, 3.05) is 12.0 Å². The van der Waals surface area contributed by atoms with Crippen LogP contribution in [0, 0.1) is 6.92 Å². The number of hydrogen-bond acceptors (Lipinski definition) is 8. The number of furan rings is 1. The van der Waals surface area contributed by atoms with Crippen molar-refractivity contribution >= 4 is 17.5 Å². The van der Waals surface area contributed by atoms with Gasteiger partial charge in [-0.3, -0.25) is 19.5 Å². The molecule has 2 amide bonds. The van der Waals surface area contributed by atoms with Crippen LogP contribution < -0.4 is 15.0 Å². The number of rotatable bonds is 8. The predicted molar refractivity (Wildman–Crippen MR) is 136 cm³/mol. The zero-order valence-electron chi connectivity index (χ0n) is 21.4. The number of hydrogen-bond donors (Lipinski definition) is 1. The van der Waals surface area contributed by atoms with Gasteiger partial charge in [-0.25, -0.2) is 0 Å². The summed E-state index contributed by atoms with van der Waals surface area (Å²) in [5, 5.41) is 15.3. The number of amides is 2. The lowest BCUT2D eigenvalue weighted by molar-refractivity contribution is -0.128. The zero-order valence-corrected chi connectivity index (χ0v) is 21.4. The van der Waals surface area contributed by atoms with Crippen LogP contribution in [0.1, 0.15) is 38.1 Å². The van der Waals surface area contributed by atoms with Crippen molar-refractivity contribution in [3.63, 3.8) is 0 Å². The number of anilines is 1. The van der Waals surface area contributed by atoms with Crippen molar-refractivity contribution in [2.45, 2.75) is 45.8 Å². The first kappa shape index (κ1) is 25.5. The Kier molecular flexibility index (Phi) is 7.32. The average Bonchev–Trinajstić information content (AvgIpc) is 3.50. The third-order valence-electron chi connectivity index (χ3n) is 5.33. The minimum atomic E-state index is -1.03. The van der Waals surface area contributed by atoms with Crippen LogP contribution >= 0.6 is 0 Å². The first-order chi connectivity index (χ1) is 17.7. The highest BCUT2D eigenvalue weighted by Crippen LogP contribution is 2.35. The molecule has 0 fully saturated rings. The maximum Gasteiger partial charge on any atom is 0.251 e. The summed E-state index contributed by atoms with van der Waals surface area (Å²) in [6.07, 6.45) is 3.16. The smallest absolute Gasteiger partial charge is 0.251 e. The molecule has 0 radical (unpaired) electrons. The fourth-order valence-electron chi connectivity index (χ4n) is 3.81. The van der Waals surface area contributed by atoms with E-state index in [1.54, 1.807) is 60.9 Å². The number of aromatic nitrogens is 5. The van der Waals surface area contributed by atoms with E-state index in [0.29, 0.717) is 28.5 Å². The molecule has 0 aliphatic heterocycles. The van der Waals surface area contributed by atoms with Gasteiger partial charge in [0.15, 0.2) is 5.76 Å². The van der Waals surface area contributed by atoms with Gasteiger partial charge in [-0.1, -0.05) is 12.1 Å². The van der Waals surface area contributed by atoms with E-state index in [0.717, 1.165) is 0 Å². The Morgan fingerprint density at radius 3 is 2.49 bits per heavy atom. The Morgan fingerprint density at radius 1 is 1.11 bits per heavy atom. The lowest BCUT2D eigenvalue weighted by Gasteiger charge is -2.34. The van der Waals surface area contributed by atoms with Crippen LogP contribution in [-0.4, -0.2) is 49.7 Å². The van der Waals surface area contributed by atoms with Crippen LogP contribution in [0.25, 0.3) is 11.6 Å². The molecule has 1 aromatic carbocycles. The number of ether oxygens (including phenoxy) is 1. The molecule has 0 unspecified atom stereocenters. The number of aryl methyl sites for hydroxylation is 1. The maximum atomic E-state index is 13.9. The summed E-state index contributed by atoms with van der Waals surface area (Å²) in [5.74, 6) is 1.01. The molecule has 3 heterocycles. The minimum absolute atomic E-state index is 0.251. The van der Waals surface area contributed by atoms with Crippen molar-refractivity contribution in [3.8, 4) is 17.3 Å². The van der Waals surface area contributed by atoms with Gasteiger partial charge in [0, 0.05) is 17.9 Å². The number of pyridine rings is 1. The van der Waals surface area contributed by atoms with Crippen molar-refractivity contribution in [1.82, 2.24) is 30.5 Å². The summed E-state index contributed by atoms with van der Waals surface area (Å²) < 4.78 is 11.1. The van der Waals surface area contributed by atoms with E-state index in [1.165, 1.54) is 16.8 Å². The van der Waals surface area contributed by atoms with Gasteiger partial charge in [0.2, 0.25) is 11.7 Å². The van der Waals surface area contributed by atoms with Crippen molar-refractivity contribution in [1.29, 1.82) is 0 Å². The molecular weight excluding hydrogens is 474 g/mol. The number of tetrazole rings is 1. The quantitative estimate of drug-likeness (QED) is 0.388. The van der Waals surface area contributed by atoms with Gasteiger partial charge in [0.1, 0.15) is 24.1 Å². The normalized spacial score (nSPS) is 12.1. The molecule has 192 valence electrons. The summed E-state index contributed by atoms with van der Waals surface area (Å²) in [7, 11) is 1.51. The van der Waals surface area contributed by atoms with Gasteiger partial charge in [-0.15, -0.1) is 10.2 Å². The second kappa shape index (κ2) is 10.6. The molecular formula is C26H29N7O4. The van der Waals surface area contributed by atoms with Crippen LogP contribution in [0.2, 0.25) is 0 Å². The van der Waals surface area contributed by atoms with E-state index in [1.807, 2.05) is 27.7 Å². The second-order valence-electron chi connectivity index (χ2n) is 9.41.